The monoisotopic (exact) mass is 323 g/mol. The van der Waals surface area contributed by atoms with Crippen molar-refractivity contribution < 1.29 is 0 Å². The van der Waals surface area contributed by atoms with Crippen molar-refractivity contribution in [2.45, 2.75) is 25.7 Å². The molecular weight excluding hydrogens is 305 g/mol. The number of nitrogens with zero attached hydrogens (tertiary/aromatic N) is 2. The lowest BCUT2D eigenvalue weighted by Crippen LogP contribution is -2.18. The van der Waals surface area contributed by atoms with Crippen LogP contribution >= 0.6 is 9.24 Å². The zero-order chi connectivity index (χ0) is 16.1. The highest BCUT2D eigenvalue weighted by molar-refractivity contribution is 7.28. The fourth-order valence-corrected chi connectivity index (χ4v) is 3.83. The highest BCUT2D eigenvalue weighted by Crippen LogP contribution is 2.43. The zero-order valence-corrected chi connectivity index (χ0v) is 14.1. The summed E-state index contributed by atoms with van der Waals surface area (Å²) in [5.74, 6) is 1.09. The molecule has 1 unspecified atom stereocenters. The van der Waals surface area contributed by atoms with Crippen LogP contribution in [0.3, 0.4) is 0 Å². The van der Waals surface area contributed by atoms with E-state index in [0.29, 0.717) is 11.7 Å². The Hall–Kier alpha value is -2.19. The molecule has 116 valence electrons. The number of hydrogen-bond acceptors (Lipinski definition) is 3. The van der Waals surface area contributed by atoms with Crippen molar-refractivity contribution in [1.29, 1.82) is 0 Å². The van der Waals surface area contributed by atoms with E-state index in [4.69, 9.17) is 5.73 Å². The van der Waals surface area contributed by atoms with Gasteiger partial charge in [0.1, 0.15) is 5.82 Å². The summed E-state index contributed by atoms with van der Waals surface area (Å²) < 4.78 is 1.78. The first-order chi connectivity index (χ1) is 11.1. The van der Waals surface area contributed by atoms with E-state index in [9.17, 15) is 4.79 Å². The summed E-state index contributed by atoms with van der Waals surface area (Å²) in [5, 5.41) is 0.983. The van der Waals surface area contributed by atoms with Gasteiger partial charge in [0.15, 0.2) is 0 Å². The third-order valence-corrected chi connectivity index (χ3v) is 4.97. The van der Waals surface area contributed by atoms with Gasteiger partial charge in [0, 0.05) is 24.0 Å². The Balaban J connectivity index is 2.08. The number of aryl methyl sites for hydroxylation is 1. The van der Waals surface area contributed by atoms with Crippen molar-refractivity contribution in [2.75, 3.05) is 5.73 Å². The largest absolute Gasteiger partial charge is 0.384 e. The van der Waals surface area contributed by atoms with Crippen LogP contribution in [0.4, 0.5) is 5.82 Å². The minimum atomic E-state index is 0.0122. The van der Waals surface area contributed by atoms with E-state index in [2.05, 4.69) is 21.1 Å². The smallest absolute Gasteiger partial charge is 0.255 e. The van der Waals surface area contributed by atoms with Crippen LogP contribution in [0, 0.1) is 6.92 Å². The lowest BCUT2D eigenvalue weighted by Gasteiger charge is -2.16. The Kier molecular flexibility index (Phi) is 3.24. The van der Waals surface area contributed by atoms with Crippen LogP contribution in [0.15, 0.2) is 41.5 Å². The summed E-state index contributed by atoms with van der Waals surface area (Å²) >= 11 is 0. The molecule has 3 aromatic rings. The van der Waals surface area contributed by atoms with Crippen LogP contribution in [0.25, 0.3) is 16.6 Å². The van der Waals surface area contributed by atoms with Crippen LogP contribution < -0.4 is 16.6 Å². The minimum Gasteiger partial charge on any atom is -0.384 e. The van der Waals surface area contributed by atoms with Crippen molar-refractivity contribution in [2.24, 2.45) is 0 Å². The normalized spacial score (nSPS) is 14.3. The second-order valence-corrected chi connectivity index (χ2v) is 6.80. The van der Waals surface area contributed by atoms with E-state index in [-0.39, 0.29) is 5.56 Å². The SMILES string of the molecule is Cc1c(-c2ccc(N)nc2)c(P)cn2c(=O)ccc(C3CC3)c12. The molecule has 0 amide bonds. The van der Waals surface area contributed by atoms with Gasteiger partial charge in [0.05, 0.1) is 5.52 Å². The molecule has 1 fully saturated rings. The first-order valence-electron chi connectivity index (χ1n) is 7.72. The van der Waals surface area contributed by atoms with Crippen molar-refractivity contribution in [3.05, 3.63) is 58.1 Å². The second-order valence-electron chi connectivity index (χ2n) is 6.18. The number of pyridine rings is 3. The van der Waals surface area contributed by atoms with Crippen LogP contribution in [0.1, 0.15) is 29.9 Å². The fourth-order valence-electron chi connectivity index (χ4n) is 3.29. The van der Waals surface area contributed by atoms with E-state index in [0.717, 1.165) is 27.5 Å². The molecule has 0 bridgehead atoms. The second kappa shape index (κ2) is 5.17. The third kappa shape index (κ3) is 2.34. The van der Waals surface area contributed by atoms with Crippen LogP contribution in [-0.4, -0.2) is 9.38 Å². The summed E-state index contributed by atoms with van der Waals surface area (Å²) in [6.07, 6.45) is 6.11. The Morgan fingerprint density at radius 1 is 1.26 bits per heavy atom. The maximum Gasteiger partial charge on any atom is 0.255 e. The molecule has 0 aromatic carbocycles. The zero-order valence-electron chi connectivity index (χ0n) is 12.9. The van der Waals surface area contributed by atoms with E-state index in [1.54, 1.807) is 16.7 Å². The molecule has 1 aliphatic rings. The van der Waals surface area contributed by atoms with E-state index in [1.807, 2.05) is 24.4 Å². The maximum absolute atomic E-state index is 12.3. The number of nitrogen functional groups attached to an aromatic ring is 1. The quantitative estimate of drug-likeness (QED) is 0.738. The first kappa shape index (κ1) is 14.4. The third-order valence-electron chi connectivity index (χ3n) is 4.54. The van der Waals surface area contributed by atoms with Crippen LogP contribution in [-0.2, 0) is 0 Å². The predicted molar refractivity (Wildman–Crippen MR) is 97.4 cm³/mol. The maximum atomic E-state index is 12.3. The molecule has 5 heteroatoms. The Bertz CT molecular complexity index is 972. The Labute approximate surface area is 136 Å². The summed E-state index contributed by atoms with van der Waals surface area (Å²) in [6.45, 7) is 2.08. The van der Waals surface area contributed by atoms with E-state index in [1.165, 1.54) is 18.4 Å². The van der Waals surface area contributed by atoms with Gasteiger partial charge in [0.25, 0.3) is 5.56 Å². The number of hydrogen-bond donors (Lipinski definition) is 1. The molecule has 23 heavy (non-hydrogen) atoms. The molecule has 2 N–H and O–H groups in total. The molecule has 3 heterocycles. The van der Waals surface area contributed by atoms with Crippen molar-refractivity contribution in [3.63, 3.8) is 0 Å². The average Bonchev–Trinajstić information content (AvgIpc) is 3.35. The first-order valence-corrected chi connectivity index (χ1v) is 8.30. The number of fused-ring (bicyclic) bond motifs is 1. The van der Waals surface area contributed by atoms with Crippen LogP contribution in [0.2, 0.25) is 0 Å². The van der Waals surface area contributed by atoms with Gasteiger partial charge in [-0.2, -0.15) is 0 Å². The van der Waals surface area contributed by atoms with Gasteiger partial charge < -0.3 is 5.73 Å². The number of aromatic nitrogens is 2. The molecule has 4 rings (SSSR count). The highest BCUT2D eigenvalue weighted by Gasteiger charge is 2.27. The molecule has 0 saturated heterocycles. The summed E-state index contributed by atoms with van der Waals surface area (Å²) in [7, 11) is 2.74. The van der Waals surface area contributed by atoms with Gasteiger partial charge in [-0.25, -0.2) is 4.98 Å². The van der Waals surface area contributed by atoms with Gasteiger partial charge in [-0.15, -0.1) is 9.24 Å². The Morgan fingerprint density at radius 2 is 2.04 bits per heavy atom. The van der Waals surface area contributed by atoms with Gasteiger partial charge in [-0.05, 0) is 59.8 Å². The molecule has 0 spiro atoms. The topological polar surface area (TPSA) is 60.4 Å². The minimum absolute atomic E-state index is 0.0122. The summed E-state index contributed by atoms with van der Waals surface area (Å²) in [4.78, 5) is 16.5. The molecule has 0 radical (unpaired) electrons. The van der Waals surface area contributed by atoms with Gasteiger partial charge in [0.2, 0.25) is 0 Å². The molecule has 1 aliphatic carbocycles. The lowest BCUT2D eigenvalue weighted by molar-refractivity contribution is 1.03. The van der Waals surface area contributed by atoms with E-state index < -0.39 is 0 Å². The van der Waals surface area contributed by atoms with Gasteiger partial charge >= 0.3 is 0 Å². The van der Waals surface area contributed by atoms with Crippen LogP contribution in [0.5, 0.6) is 0 Å². The number of anilines is 1. The average molecular weight is 323 g/mol. The Morgan fingerprint density at radius 3 is 2.70 bits per heavy atom. The number of rotatable bonds is 2. The summed E-state index contributed by atoms with van der Waals surface area (Å²) in [6, 6.07) is 7.46. The van der Waals surface area contributed by atoms with Gasteiger partial charge in [-0.3, -0.25) is 9.20 Å². The summed E-state index contributed by atoms with van der Waals surface area (Å²) in [5.41, 5.74) is 11.3. The molecular formula is C18H18N3OP. The predicted octanol–water partition coefficient (Wildman–Crippen LogP) is 2.63. The standard InChI is InChI=1S/C18H18N3OP/c1-10-17(12-4-6-15(19)20-8-12)14(23)9-21-16(22)7-5-13(18(10)21)11-2-3-11/h4-9,11H,2-3,23H2,1H3,(H2,19,20). The molecule has 4 nitrogen and oxygen atoms in total. The molecule has 0 aliphatic heterocycles. The number of nitrogens with two attached hydrogens (primary N) is 1. The molecule has 3 aromatic heterocycles. The highest BCUT2D eigenvalue weighted by atomic mass is 31.0. The molecule has 1 saturated carbocycles. The van der Waals surface area contributed by atoms with Crippen molar-refractivity contribution in [3.8, 4) is 11.1 Å². The van der Waals surface area contributed by atoms with E-state index >= 15 is 0 Å². The van der Waals surface area contributed by atoms with Crippen molar-refractivity contribution in [1.82, 2.24) is 9.38 Å². The lowest BCUT2D eigenvalue weighted by atomic mass is 9.98. The van der Waals surface area contributed by atoms with Gasteiger partial charge in [-0.1, -0.05) is 6.07 Å². The fraction of sp³-hybridized carbons (Fsp3) is 0.222. The molecule has 1 atom stereocenters. The van der Waals surface area contributed by atoms with Crippen molar-refractivity contribution >= 4 is 25.9 Å².